The van der Waals surface area contributed by atoms with Gasteiger partial charge in [-0.1, -0.05) is 36.4 Å². The van der Waals surface area contributed by atoms with Crippen molar-refractivity contribution in [3.8, 4) is 11.3 Å². The van der Waals surface area contributed by atoms with Gasteiger partial charge in [0.05, 0.1) is 12.2 Å². The molecule has 0 bridgehead atoms. The van der Waals surface area contributed by atoms with Gasteiger partial charge in [0.25, 0.3) is 5.91 Å². The number of likely N-dealkylation sites (N-methyl/N-ethyl adjacent to an activating group) is 1. The van der Waals surface area contributed by atoms with E-state index in [1.807, 2.05) is 62.4 Å². The summed E-state index contributed by atoms with van der Waals surface area (Å²) < 4.78 is 0. The number of H-pyrrole nitrogens is 1. The first-order valence-electron chi connectivity index (χ1n) is 10.1. The van der Waals surface area contributed by atoms with Gasteiger partial charge in [-0.15, -0.1) is 0 Å². The fourth-order valence-electron chi connectivity index (χ4n) is 3.15. The molecule has 2 amide bonds. The highest BCUT2D eigenvalue weighted by molar-refractivity contribution is 5.96. The van der Waals surface area contributed by atoms with E-state index in [0.717, 1.165) is 40.9 Å². The van der Waals surface area contributed by atoms with Gasteiger partial charge >= 0.3 is 0 Å². The zero-order valence-electron chi connectivity index (χ0n) is 17.7. The molecule has 3 rings (SSSR count). The number of rotatable bonds is 8. The molecule has 0 aliphatic heterocycles. The van der Waals surface area contributed by atoms with E-state index >= 15 is 0 Å². The zero-order chi connectivity index (χ0) is 21.5. The van der Waals surface area contributed by atoms with Crippen LogP contribution in [0.2, 0.25) is 0 Å². The summed E-state index contributed by atoms with van der Waals surface area (Å²) in [6.07, 6.45) is 1.61. The fourth-order valence-corrected chi connectivity index (χ4v) is 3.15. The zero-order valence-corrected chi connectivity index (χ0v) is 17.7. The Morgan fingerprint density at radius 2 is 1.80 bits per heavy atom. The van der Waals surface area contributed by atoms with Crippen LogP contribution in [0, 0.1) is 13.8 Å². The molecule has 30 heavy (non-hydrogen) atoms. The van der Waals surface area contributed by atoms with Crippen LogP contribution in [0.4, 0.5) is 0 Å². The molecule has 0 aliphatic rings. The average Bonchev–Trinajstić information content (AvgIpc) is 3.23. The molecule has 2 aromatic carbocycles. The van der Waals surface area contributed by atoms with Gasteiger partial charge in [-0.2, -0.15) is 5.10 Å². The van der Waals surface area contributed by atoms with Crippen molar-refractivity contribution in [3.63, 3.8) is 0 Å². The van der Waals surface area contributed by atoms with E-state index < -0.39 is 0 Å². The first kappa shape index (κ1) is 21.3. The molecule has 156 valence electrons. The Labute approximate surface area is 177 Å². The number of aromatic nitrogens is 2. The Morgan fingerprint density at radius 3 is 2.53 bits per heavy atom. The van der Waals surface area contributed by atoms with E-state index in [1.165, 1.54) is 0 Å². The summed E-state index contributed by atoms with van der Waals surface area (Å²) in [5.74, 6) is -0.340. The third-order valence-corrected chi connectivity index (χ3v) is 5.24. The molecule has 0 saturated carbocycles. The maximum absolute atomic E-state index is 12.3. The topological polar surface area (TPSA) is 78.1 Å². The number of hydrogen-bond acceptors (Lipinski definition) is 3. The molecule has 2 N–H and O–H groups in total. The van der Waals surface area contributed by atoms with Gasteiger partial charge in [0.1, 0.15) is 0 Å². The summed E-state index contributed by atoms with van der Waals surface area (Å²) >= 11 is 0. The van der Waals surface area contributed by atoms with E-state index in [1.54, 1.807) is 18.0 Å². The van der Waals surface area contributed by atoms with E-state index in [0.29, 0.717) is 12.1 Å². The van der Waals surface area contributed by atoms with Gasteiger partial charge in [-0.3, -0.25) is 14.7 Å². The van der Waals surface area contributed by atoms with Crippen LogP contribution in [0.15, 0.2) is 54.6 Å². The Bertz CT molecular complexity index is 1010. The molecular weight excluding hydrogens is 376 g/mol. The minimum Gasteiger partial charge on any atom is -0.344 e. The van der Waals surface area contributed by atoms with Crippen molar-refractivity contribution in [1.29, 1.82) is 0 Å². The number of amides is 2. The van der Waals surface area contributed by atoms with E-state index in [9.17, 15) is 9.59 Å². The van der Waals surface area contributed by atoms with Crippen molar-refractivity contribution >= 4 is 11.8 Å². The van der Waals surface area contributed by atoms with Crippen LogP contribution in [0.25, 0.3) is 11.3 Å². The molecule has 6 nitrogen and oxygen atoms in total. The maximum Gasteiger partial charge on any atom is 0.251 e. The van der Waals surface area contributed by atoms with Gasteiger partial charge in [-0.25, -0.2) is 0 Å². The number of benzene rings is 2. The summed E-state index contributed by atoms with van der Waals surface area (Å²) in [4.78, 5) is 26.2. The van der Waals surface area contributed by atoms with E-state index in [4.69, 9.17) is 0 Å². The standard InChI is InChI=1S/C24H28N4O2/c1-17-11-12-20(14-18(17)2)24(30)25-16-23(29)28(3)13-7-10-21-15-22(27-26-21)19-8-5-4-6-9-19/h4-6,8-9,11-12,14-15H,7,10,13,16H2,1-3H3,(H,25,30)(H,26,27). The highest BCUT2D eigenvalue weighted by Crippen LogP contribution is 2.17. The quantitative estimate of drug-likeness (QED) is 0.603. The van der Waals surface area contributed by atoms with Gasteiger partial charge < -0.3 is 10.2 Å². The van der Waals surface area contributed by atoms with Crippen LogP contribution >= 0.6 is 0 Å². The summed E-state index contributed by atoms with van der Waals surface area (Å²) in [6.45, 7) is 4.57. The van der Waals surface area contributed by atoms with Crippen molar-refractivity contribution in [1.82, 2.24) is 20.4 Å². The molecule has 0 unspecified atom stereocenters. The molecule has 0 radical (unpaired) electrons. The van der Waals surface area contributed by atoms with Gasteiger partial charge in [0.15, 0.2) is 0 Å². The molecule has 0 saturated heterocycles. The summed E-state index contributed by atoms with van der Waals surface area (Å²) in [6, 6.07) is 17.6. The van der Waals surface area contributed by atoms with Gasteiger partial charge in [0, 0.05) is 30.4 Å². The normalized spacial score (nSPS) is 10.6. The third kappa shape index (κ3) is 5.56. The van der Waals surface area contributed by atoms with Crippen LogP contribution in [0.5, 0.6) is 0 Å². The molecule has 0 spiro atoms. The lowest BCUT2D eigenvalue weighted by Gasteiger charge is -2.17. The van der Waals surface area contributed by atoms with E-state index in [-0.39, 0.29) is 18.4 Å². The van der Waals surface area contributed by atoms with Crippen LogP contribution < -0.4 is 5.32 Å². The van der Waals surface area contributed by atoms with Crippen LogP contribution in [0.1, 0.15) is 33.6 Å². The Balaban J connectivity index is 1.42. The van der Waals surface area contributed by atoms with Crippen molar-refractivity contribution in [2.24, 2.45) is 0 Å². The number of carbonyl (C=O) groups excluding carboxylic acids is 2. The molecule has 0 atom stereocenters. The molecule has 1 heterocycles. The molecule has 1 aromatic heterocycles. The van der Waals surface area contributed by atoms with Crippen molar-refractivity contribution in [3.05, 3.63) is 77.0 Å². The Hall–Kier alpha value is -3.41. The maximum atomic E-state index is 12.3. The largest absolute Gasteiger partial charge is 0.344 e. The first-order chi connectivity index (χ1) is 14.4. The van der Waals surface area contributed by atoms with Crippen LogP contribution in [0.3, 0.4) is 0 Å². The molecule has 3 aromatic rings. The summed E-state index contributed by atoms with van der Waals surface area (Å²) in [5, 5.41) is 10.1. The lowest BCUT2D eigenvalue weighted by molar-refractivity contribution is -0.128. The Morgan fingerprint density at radius 1 is 1.03 bits per heavy atom. The first-order valence-corrected chi connectivity index (χ1v) is 10.1. The lowest BCUT2D eigenvalue weighted by Crippen LogP contribution is -2.38. The molecule has 6 heteroatoms. The smallest absolute Gasteiger partial charge is 0.251 e. The van der Waals surface area contributed by atoms with Gasteiger partial charge in [-0.05, 0) is 56.0 Å². The Kier molecular flexibility index (Phi) is 7.01. The number of hydrogen-bond donors (Lipinski definition) is 2. The van der Waals surface area contributed by atoms with E-state index in [2.05, 4.69) is 15.5 Å². The number of nitrogens with one attached hydrogen (secondary N) is 2. The molecular formula is C24H28N4O2. The number of aryl methyl sites for hydroxylation is 3. The highest BCUT2D eigenvalue weighted by atomic mass is 16.2. The van der Waals surface area contributed by atoms with Gasteiger partial charge in [0.2, 0.25) is 5.91 Å². The minimum atomic E-state index is -0.231. The SMILES string of the molecule is Cc1ccc(C(=O)NCC(=O)N(C)CCCc2cc(-c3ccccc3)n[nH]2)cc1C. The fraction of sp³-hybridized carbons (Fsp3) is 0.292. The van der Waals surface area contributed by atoms with Crippen molar-refractivity contribution in [2.75, 3.05) is 20.1 Å². The lowest BCUT2D eigenvalue weighted by atomic mass is 10.1. The second-order valence-electron chi connectivity index (χ2n) is 7.55. The minimum absolute atomic E-state index is 0.00945. The summed E-state index contributed by atoms with van der Waals surface area (Å²) in [5.41, 5.74) is 5.80. The number of carbonyl (C=O) groups is 2. The number of aromatic amines is 1. The predicted molar refractivity (Wildman–Crippen MR) is 118 cm³/mol. The van der Waals surface area contributed by atoms with Crippen molar-refractivity contribution < 1.29 is 9.59 Å². The second-order valence-corrected chi connectivity index (χ2v) is 7.55. The number of nitrogens with zero attached hydrogens (tertiary/aromatic N) is 2. The van der Waals surface area contributed by atoms with Crippen LogP contribution in [-0.4, -0.2) is 47.0 Å². The monoisotopic (exact) mass is 404 g/mol. The average molecular weight is 405 g/mol. The second kappa shape index (κ2) is 9.87. The summed E-state index contributed by atoms with van der Waals surface area (Å²) in [7, 11) is 1.76. The molecule has 0 aliphatic carbocycles. The van der Waals surface area contributed by atoms with Crippen LogP contribution in [-0.2, 0) is 11.2 Å². The predicted octanol–water partition coefficient (Wildman–Crippen LogP) is 3.51. The molecule has 0 fully saturated rings. The third-order valence-electron chi connectivity index (χ3n) is 5.24. The van der Waals surface area contributed by atoms with Crippen molar-refractivity contribution in [2.45, 2.75) is 26.7 Å². The highest BCUT2D eigenvalue weighted by Gasteiger charge is 2.12.